The zero-order valence-corrected chi connectivity index (χ0v) is 25.7. The molecule has 1 aliphatic rings. The van der Waals surface area contributed by atoms with Gasteiger partial charge in [-0.3, -0.25) is 9.59 Å². The molecule has 0 bridgehead atoms. The molecule has 1 aliphatic heterocycles. The van der Waals surface area contributed by atoms with E-state index in [1.165, 1.54) is 0 Å². The van der Waals surface area contributed by atoms with Crippen LogP contribution in [-0.2, 0) is 9.53 Å². The summed E-state index contributed by atoms with van der Waals surface area (Å²) >= 11 is 10.1. The van der Waals surface area contributed by atoms with Crippen LogP contribution in [-0.4, -0.2) is 41.6 Å². The SMILES string of the molecule is Cc1c(N2CCC[C@@H]2C)nc2ccc(Br)cc2c1C(=O)NCC(CCC(=O)OC(C)(C)C)c1ccccc1Cl. The number of pyridine rings is 1. The fourth-order valence-corrected chi connectivity index (χ4v) is 5.95. The van der Waals surface area contributed by atoms with Crippen LogP contribution in [0.15, 0.2) is 46.9 Å². The van der Waals surface area contributed by atoms with E-state index in [9.17, 15) is 9.59 Å². The quantitative estimate of drug-likeness (QED) is 0.265. The van der Waals surface area contributed by atoms with Crippen molar-refractivity contribution in [1.82, 2.24) is 10.3 Å². The number of carbonyl (C=O) groups excluding carboxylic acids is 2. The molecule has 2 atom stereocenters. The third-order valence-corrected chi connectivity index (χ3v) is 8.03. The highest BCUT2D eigenvalue weighted by molar-refractivity contribution is 9.10. The summed E-state index contributed by atoms with van der Waals surface area (Å²) in [6.07, 6.45) is 2.94. The van der Waals surface area contributed by atoms with Crippen molar-refractivity contribution in [2.45, 2.75) is 77.9 Å². The smallest absolute Gasteiger partial charge is 0.306 e. The first kappa shape index (κ1) is 29.3. The highest BCUT2D eigenvalue weighted by atomic mass is 79.9. The van der Waals surface area contributed by atoms with Gasteiger partial charge in [-0.25, -0.2) is 4.98 Å². The van der Waals surface area contributed by atoms with Crippen molar-refractivity contribution < 1.29 is 14.3 Å². The zero-order valence-electron chi connectivity index (χ0n) is 23.3. The van der Waals surface area contributed by atoms with Gasteiger partial charge in [0, 0.05) is 51.9 Å². The zero-order chi connectivity index (χ0) is 28.3. The van der Waals surface area contributed by atoms with E-state index in [1.54, 1.807) is 0 Å². The molecule has 4 rings (SSSR count). The molecular weight excluding hydrogens is 578 g/mol. The van der Waals surface area contributed by atoms with Gasteiger partial charge in [0.1, 0.15) is 11.4 Å². The van der Waals surface area contributed by atoms with Crippen LogP contribution in [0.4, 0.5) is 5.82 Å². The summed E-state index contributed by atoms with van der Waals surface area (Å²) in [6, 6.07) is 13.8. The van der Waals surface area contributed by atoms with Gasteiger partial charge in [-0.2, -0.15) is 0 Å². The lowest BCUT2D eigenvalue weighted by molar-refractivity contribution is -0.155. The second-order valence-corrected chi connectivity index (χ2v) is 12.7. The van der Waals surface area contributed by atoms with E-state index in [0.717, 1.165) is 51.7 Å². The normalized spacial score (nSPS) is 16.4. The predicted molar refractivity (Wildman–Crippen MR) is 162 cm³/mol. The van der Waals surface area contributed by atoms with Crippen molar-refractivity contribution in [3.63, 3.8) is 0 Å². The maximum absolute atomic E-state index is 13.9. The fraction of sp³-hybridized carbons (Fsp3) is 0.452. The number of ether oxygens (including phenoxy) is 1. The lowest BCUT2D eigenvalue weighted by atomic mass is 9.93. The Bertz CT molecular complexity index is 1370. The van der Waals surface area contributed by atoms with Gasteiger partial charge in [-0.05, 0) is 83.7 Å². The Morgan fingerprint density at radius 3 is 2.64 bits per heavy atom. The molecule has 2 aromatic carbocycles. The number of esters is 1. The molecule has 1 fully saturated rings. The fourth-order valence-electron chi connectivity index (χ4n) is 5.30. The Hall–Kier alpha value is -2.64. The van der Waals surface area contributed by atoms with Gasteiger partial charge in [0.15, 0.2) is 0 Å². The summed E-state index contributed by atoms with van der Waals surface area (Å²) in [5, 5.41) is 4.58. The molecule has 1 amide bonds. The molecule has 2 heterocycles. The van der Waals surface area contributed by atoms with Crippen LogP contribution in [0, 0.1) is 6.92 Å². The molecular formula is C31H37BrClN3O3. The van der Waals surface area contributed by atoms with E-state index in [4.69, 9.17) is 21.3 Å². The number of halogens is 2. The van der Waals surface area contributed by atoms with Crippen LogP contribution in [0.3, 0.4) is 0 Å². The standard InChI is InChI=1S/C31H37BrClN3O3/c1-19-9-8-16-36(19)29-20(2)28(24-17-22(32)13-14-26(24)35-29)30(38)34-18-21(23-10-6-7-11-25(23)33)12-15-27(37)39-31(3,4)5/h6-7,10-11,13-14,17,19,21H,8-9,12,15-16,18H2,1-5H3,(H,34,38)/t19-,21?/m0/s1. The molecule has 0 radical (unpaired) electrons. The van der Waals surface area contributed by atoms with Crippen molar-refractivity contribution in [3.05, 3.63) is 68.7 Å². The number of anilines is 1. The second kappa shape index (κ2) is 12.3. The maximum Gasteiger partial charge on any atom is 0.306 e. The summed E-state index contributed by atoms with van der Waals surface area (Å²) in [6.45, 7) is 11.0. The number of hydrogen-bond acceptors (Lipinski definition) is 5. The minimum Gasteiger partial charge on any atom is -0.460 e. The lowest BCUT2D eigenvalue weighted by Gasteiger charge is -2.26. The Labute approximate surface area is 244 Å². The Morgan fingerprint density at radius 1 is 1.23 bits per heavy atom. The number of aromatic nitrogens is 1. The number of rotatable bonds is 8. The molecule has 8 heteroatoms. The van der Waals surface area contributed by atoms with Crippen molar-refractivity contribution in [2.24, 2.45) is 0 Å². The minimum atomic E-state index is -0.552. The van der Waals surface area contributed by atoms with Crippen molar-refractivity contribution in [1.29, 1.82) is 0 Å². The molecule has 39 heavy (non-hydrogen) atoms. The molecule has 1 unspecified atom stereocenters. The van der Waals surface area contributed by atoms with Crippen LogP contribution in [0.1, 0.15) is 80.8 Å². The third-order valence-electron chi connectivity index (χ3n) is 7.19. The van der Waals surface area contributed by atoms with Gasteiger partial charge in [0.2, 0.25) is 0 Å². The van der Waals surface area contributed by atoms with Crippen molar-refractivity contribution >= 4 is 56.1 Å². The predicted octanol–water partition coefficient (Wildman–Crippen LogP) is 7.58. The largest absolute Gasteiger partial charge is 0.460 e. The number of hydrogen-bond donors (Lipinski definition) is 1. The van der Waals surface area contributed by atoms with Crippen LogP contribution in [0.25, 0.3) is 10.9 Å². The highest BCUT2D eigenvalue weighted by Gasteiger charge is 2.28. The van der Waals surface area contributed by atoms with Gasteiger partial charge in [-0.1, -0.05) is 45.7 Å². The van der Waals surface area contributed by atoms with E-state index in [2.05, 4.69) is 33.1 Å². The minimum absolute atomic E-state index is 0.159. The van der Waals surface area contributed by atoms with Gasteiger partial charge in [-0.15, -0.1) is 0 Å². The van der Waals surface area contributed by atoms with Crippen LogP contribution in [0.5, 0.6) is 0 Å². The summed E-state index contributed by atoms with van der Waals surface area (Å²) < 4.78 is 6.41. The van der Waals surface area contributed by atoms with Crippen molar-refractivity contribution in [3.8, 4) is 0 Å². The first-order valence-electron chi connectivity index (χ1n) is 13.6. The second-order valence-electron chi connectivity index (χ2n) is 11.3. The number of amides is 1. The van der Waals surface area contributed by atoms with E-state index in [0.29, 0.717) is 29.6 Å². The molecule has 0 aliphatic carbocycles. The Balaban J connectivity index is 1.63. The molecule has 1 N–H and O–H groups in total. The molecule has 0 saturated carbocycles. The number of nitrogens with zero attached hydrogens (tertiary/aromatic N) is 2. The number of benzene rings is 2. The van der Waals surface area contributed by atoms with Crippen LogP contribution >= 0.6 is 27.5 Å². The average Bonchev–Trinajstić information content (AvgIpc) is 3.28. The Morgan fingerprint density at radius 2 is 1.97 bits per heavy atom. The van der Waals surface area contributed by atoms with Gasteiger partial charge >= 0.3 is 5.97 Å². The molecule has 1 aromatic heterocycles. The maximum atomic E-state index is 13.9. The molecule has 3 aromatic rings. The highest BCUT2D eigenvalue weighted by Crippen LogP contribution is 2.34. The molecule has 208 valence electrons. The third kappa shape index (κ3) is 7.12. The van der Waals surface area contributed by atoms with Crippen molar-refractivity contribution in [2.75, 3.05) is 18.0 Å². The molecule has 1 saturated heterocycles. The topological polar surface area (TPSA) is 71.5 Å². The van der Waals surface area contributed by atoms with E-state index >= 15 is 0 Å². The first-order chi connectivity index (χ1) is 18.4. The lowest BCUT2D eigenvalue weighted by Crippen LogP contribution is -2.32. The van der Waals surface area contributed by atoms with Gasteiger partial charge in [0.05, 0.1) is 11.1 Å². The van der Waals surface area contributed by atoms with E-state index in [1.807, 2.05) is 70.2 Å². The summed E-state index contributed by atoms with van der Waals surface area (Å²) in [5.41, 5.74) is 2.63. The van der Waals surface area contributed by atoms with Gasteiger partial charge < -0.3 is 15.0 Å². The van der Waals surface area contributed by atoms with E-state index in [-0.39, 0.29) is 24.2 Å². The summed E-state index contributed by atoms with van der Waals surface area (Å²) in [4.78, 5) is 33.7. The number of fused-ring (bicyclic) bond motifs is 1. The Kier molecular flexibility index (Phi) is 9.22. The molecule has 0 spiro atoms. The number of carbonyl (C=O) groups is 2. The monoisotopic (exact) mass is 613 g/mol. The summed E-state index contributed by atoms with van der Waals surface area (Å²) in [5.74, 6) is 0.275. The number of nitrogens with one attached hydrogen (secondary N) is 1. The van der Waals surface area contributed by atoms with Crippen LogP contribution in [0.2, 0.25) is 5.02 Å². The van der Waals surface area contributed by atoms with Gasteiger partial charge in [0.25, 0.3) is 5.91 Å². The van der Waals surface area contributed by atoms with E-state index < -0.39 is 5.60 Å². The average molecular weight is 615 g/mol. The van der Waals surface area contributed by atoms with Crippen LogP contribution < -0.4 is 10.2 Å². The molecule has 6 nitrogen and oxygen atoms in total. The first-order valence-corrected chi connectivity index (χ1v) is 14.7. The summed E-state index contributed by atoms with van der Waals surface area (Å²) in [7, 11) is 0.